The summed E-state index contributed by atoms with van der Waals surface area (Å²) in [5.74, 6) is -0.405. The monoisotopic (exact) mass is 320 g/mol. The third-order valence-electron chi connectivity index (χ3n) is 2.66. The number of amides is 1. The van der Waals surface area contributed by atoms with Crippen molar-refractivity contribution < 1.29 is 9.90 Å². The van der Waals surface area contributed by atoms with Crippen molar-refractivity contribution in [1.82, 2.24) is 0 Å². The number of nitrogen functional groups attached to an aromatic ring is 1. The van der Waals surface area contributed by atoms with E-state index in [1.807, 2.05) is 25.1 Å². The first-order chi connectivity index (χ1) is 8.97. The molecule has 0 saturated heterocycles. The van der Waals surface area contributed by atoms with Gasteiger partial charge in [-0.3, -0.25) is 4.79 Å². The lowest BCUT2D eigenvalue weighted by atomic mass is 10.1. The normalized spacial score (nSPS) is 10.2. The van der Waals surface area contributed by atoms with Gasteiger partial charge in [-0.05, 0) is 58.7 Å². The molecule has 0 atom stereocenters. The van der Waals surface area contributed by atoms with Crippen molar-refractivity contribution >= 4 is 33.2 Å². The Balaban J connectivity index is 2.25. The van der Waals surface area contributed by atoms with Crippen molar-refractivity contribution in [1.29, 1.82) is 0 Å². The number of hydrogen-bond donors (Lipinski definition) is 3. The Morgan fingerprint density at radius 3 is 2.68 bits per heavy atom. The molecule has 4 nitrogen and oxygen atoms in total. The number of carbonyl (C=O) groups excluding carboxylic acids is 1. The van der Waals surface area contributed by atoms with Gasteiger partial charge in [0.2, 0.25) is 0 Å². The van der Waals surface area contributed by atoms with Gasteiger partial charge in [0.05, 0.1) is 11.4 Å². The number of aryl methyl sites for hydroxylation is 1. The standard InChI is InChI=1S/C14H13BrN2O2/c1-8-2-4-10(15)12(6-8)17-14(19)9-3-5-11(16)13(18)7-9/h2-7,18H,16H2,1H3,(H,17,19). The highest BCUT2D eigenvalue weighted by molar-refractivity contribution is 9.10. The van der Waals surface area contributed by atoms with Gasteiger partial charge in [-0.1, -0.05) is 6.07 Å². The van der Waals surface area contributed by atoms with E-state index in [0.29, 0.717) is 11.3 Å². The highest BCUT2D eigenvalue weighted by atomic mass is 79.9. The van der Waals surface area contributed by atoms with Crippen LogP contribution in [-0.2, 0) is 0 Å². The van der Waals surface area contributed by atoms with Crippen LogP contribution in [0.2, 0.25) is 0 Å². The van der Waals surface area contributed by atoms with E-state index in [9.17, 15) is 9.90 Å². The zero-order valence-corrected chi connectivity index (χ0v) is 11.9. The minimum Gasteiger partial charge on any atom is -0.506 e. The lowest BCUT2D eigenvalue weighted by Gasteiger charge is -2.09. The van der Waals surface area contributed by atoms with Gasteiger partial charge in [0.15, 0.2) is 0 Å². The van der Waals surface area contributed by atoms with Crippen molar-refractivity contribution in [2.45, 2.75) is 6.92 Å². The summed E-state index contributed by atoms with van der Waals surface area (Å²) in [5, 5.41) is 12.3. The SMILES string of the molecule is Cc1ccc(Br)c(NC(=O)c2ccc(N)c(O)c2)c1. The Hall–Kier alpha value is -2.01. The number of hydrogen-bond acceptors (Lipinski definition) is 3. The van der Waals surface area contributed by atoms with E-state index in [1.54, 1.807) is 6.07 Å². The van der Waals surface area contributed by atoms with Crippen LogP contribution in [0.25, 0.3) is 0 Å². The molecule has 5 heteroatoms. The molecule has 2 aromatic rings. The lowest BCUT2D eigenvalue weighted by Crippen LogP contribution is -2.12. The van der Waals surface area contributed by atoms with Gasteiger partial charge in [-0.25, -0.2) is 0 Å². The van der Waals surface area contributed by atoms with E-state index in [-0.39, 0.29) is 17.3 Å². The van der Waals surface area contributed by atoms with Crippen LogP contribution in [0.3, 0.4) is 0 Å². The first-order valence-corrected chi connectivity index (χ1v) is 6.42. The van der Waals surface area contributed by atoms with Crippen molar-refractivity contribution in [3.8, 4) is 5.75 Å². The van der Waals surface area contributed by atoms with E-state index in [1.165, 1.54) is 12.1 Å². The van der Waals surface area contributed by atoms with E-state index in [4.69, 9.17) is 5.73 Å². The molecule has 4 N–H and O–H groups in total. The molecule has 0 aliphatic rings. The third-order valence-corrected chi connectivity index (χ3v) is 3.35. The molecule has 0 aliphatic carbocycles. The van der Waals surface area contributed by atoms with Gasteiger partial charge in [0.25, 0.3) is 5.91 Å². The van der Waals surface area contributed by atoms with E-state index < -0.39 is 0 Å². The molecular weight excluding hydrogens is 308 g/mol. The van der Waals surface area contributed by atoms with Gasteiger partial charge in [-0.15, -0.1) is 0 Å². The molecule has 98 valence electrons. The largest absolute Gasteiger partial charge is 0.506 e. The van der Waals surface area contributed by atoms with E-state index in [0.717, 1.165) is 10.0 Å². The Bertz CT molecular complexity index is 641. The van der Waals surface area contributed by atoms with Crippen LogP contribution in [0.5, 0.6) is 5.75 Å². The van der Waals surface area contributed by atoms with Gasteiger partial charge in [0, 0.05) is 10.0 Å². The van der Waals surface area contributed by atoms with Gasteiger partial charge >= 0.3 is 0 Å². The molecule has 19 heavy (non-hydrogen) atoms. The van der Waals surface area contributed by atoms with Gasteiger partial charge in [-0.2, -0.15) is 0 Å². The average molecular weight is 321 g/mol. The van der Waals surface area contributed by atoms with Crippen LogP contribution in [0.15, 0.2) is 40.9 Å². The summed E-state index contributed by atoms with van der Waals surface area (Å²) >= 11 is 3.37. The fourth-order valence-electron chi connectivity index (χ4n) is 1.61. The molecular formula is C14H13BrN2O2. The molecule has 2 rings (SSSR count). The van der Waals surface area contributed by atoms with Crippen LogP contribution in [0.4, 0.5) is 11.4 Å². The van der Waals surface area contributed by atoms with Crippen LogP contribution >= 0.6 is 15.9 Å². The molecule has 0 heterocycles. The maximum atomic E-state index is 12.1. The van der Waals surface area contributed by atoms with Crippen LogP contribution in [0, 0.1) is 6.92 Å². The lowest BCUT2D eigenvalue weighted by molar-refractivity contribution is 0.102. The first kappa shape index (κ1) is 13.4. The molecule has 2 aromatic carbocycles. The number of anilines is 2. The summed E-state index contributed by atoms with van der Waals surface area (Å²) in [6.45, 7) is 1.94. The van der Waals surface area contributed by atoms with Crippen LogP contribution in [-0.4, -0.2) is 11.0 Å². The smallest absolute Gasteiger partial charge is 0.255 e. The molecule has 0 aromatic heterocycles. The Kier molecular flexibility index (Phi) is 3.76. The topological polar surface area (TPSA) is 75.4 Å². The van der Waals surface area contributed by atoms with Gasteiger partial charge in [0.1, 0.15) is 5.75 Å². The predicted octanol–water partition coefficient (Wildman–Crippen LogP) is 3.30. The summed E-state index contributed by atoms with van der Waals surface area (Å²) in [6, 6.07) is 10.1. The van der Waals surface area contributed by atoms with Crippen molar-refractivity contribution in [2.24, 2.45) is 0 Å². The Morgan fingerprint density at radius 2 is 2.00 bits per heavy atom. The van der Waals surface area contributed by atoms with Crippen molar-refractivity contribution in [3.05, 3.63) is 52.0 Å². The molecule has 0 saturated carbocycles. The van der Waals surface area contributed by atoms with E-state index >= 15 is 0 Å². The fourth-order valence-corrected chi connectivity index (χ4v) is 1.96. The maximum absolute atomic E-state index is 12.1. The average Bonchev–Trinajstić information content (AvgIpc) is 2.37. The fraction of sp³-hybridized carbons (Fsp3) is 0.0714. The maximum Gasteiger partial charge on any atom is 0.255 e. The first-order valence-electron chi connectivity index (χ1n) is 5.63. The highest BCUT2D eigenvalue weighted by Gasteiger charge is 2.10. The number of rotatable bonds is 2. The molecule has 0 aliphatic heterocycles. The zero-order valence-electron chi connectivity index (χ0n) is 10.3. The number of halogens is 1. The van der Waals surface area contributed by atoms with E-state index in [2.05, 4.69) is 21.2 Å². The number of carbonyl (C=O) groups is 1. The molecule has 0 radical (unpaired) electrons. The molecule has 0 fully saturated rings. The predicted molar refractivity (Wildman–Crippen MR) is 79.4 cm³/mol. The zero-order chi connectivity index (χ0) is 14.0. The Labute approximate surface area is 119 Å². The number of phenolic OH excluding ortho intramolecular Hbond substituents is 1. The number of nitrogens with one attached hydrogen (secondary N) is 1. The van der Waals surface area contributed by atoms with Gasteiger partial charge < -0.3 is 16.2 Å². The highest BCUT2D eigenvalue weighted by Crippen LogP contribution is 2.25. The Morgan fingerprint density at radius 1 is 1.26 bits per heavy atom. The number of nitrogens with two attached hydrogens (primary N) is 1. The number of phenols is 1. The third kappa shape index (κ3) is 3.06. The summed E-state index contributed by atoms with van der Waals surface area (Å²) in [5.41, 5.74) is 7.81. The minimum absolute atomic E-state index is 0.101. The summed E-state index contributed by atoms with van der Waals surface area (Å²) in [6.07, 6.45) is 0. The quantitative estimate of drug-likeness (QED) is 0.587. The van der Waals surface area contributed by atoms with Crippen LogP contribution in [0.1, 0.15) is 15.9 Å². The second kappa shape index (κ2) is 5.32. The summed E-state index contributed by atoms with van der Waals surface area (Å²) in [4.78, 5) is 12.1. The second-order valence-corrected chi connectivity index (χ2v) is 5.07. The molecule has 0 bridgehead atoms. The summed E-state index contributed by atoms with van der Waals surface area (Å²) in [7, 11) is 0. The minimum atomic E-state index is -0.304. The molecule has 0 unspecified atom stereocenters. The van der Waals surface area contributed by atoms with Crippen molar-refractivity contribution in [3.63, 3.8) is 0 Å². The second-order valence-electron chi connectivity index (χ2n) is 4.21. The number of aromatic hydroxyl groups is 1. The molecule has 1 amide bonds. The van der Waals surface area contributed by atoms with Crippen LogP contribution < -0.4 is 11.1 Å². The summed E-state index contributed by atoms with van der Waals surface area (Å²) < 4.78 is 0.797. The van der Waals surface area contributed by atoms with Crippen molar-refractivity contribution in [2.75, 3.05) is 11.1 Å². The molecule has 0 spiro atoms. The number of benzene rings is 2.